The van der Waals surface area contributed by atoms with E-state index in [-0.39, 0.29) is 0 Å². The predicted molar refractivity (Wildman–Crippen MR) is 67.4 cm³/mol. The topological polar surface area (TPSA) is 42.7 Å². The van der Waals surface area contributed by atoms with Gasteiger partial charge in [0.05, 0.1) is 0 Å². The van der Waals surface area contributed by atoms with Gasteiger partial charge in [0.15, 0.2) is 5.16 Å². The summed E-state index contributed by atoms with van der Waals surface area (Å²) in [6.45, 7) is 2.28. The number of aromatic nitrogens is 3. The standard InChI is InChI=1S/C12H18N4S/c1-2-8(1)11-14-15-12(16(11)9-3-4-9)17-10-5-6-13-7-10/h8-10,13H,1-7H2. The molecule has 0 spiro atoms. The molecule has 1 N–H and O–H groups in total. The van der Waals surface area contributed by atoms with E-state index < -0.39 is 0 Å². The van der Waals surface area contributed by atoms with Gasteiger partial charge in [0.25, 0.3) is 0 Å². The van der Waals surface area contributed by atoms with E-state index in [2.05, 4.69) is 20.1 Å². The molecule has 0 bridgehead atoms. The van der Waals surface area contributed by atoms with Crippen LogP contribution in [0.2, 0.25) is 0 Å². The van der Waals surface area contributed by atoms with Crippen molar-refractivity contribution in [2.24, 2.45) is 0 Å². The van der Waals surface area contributed by atoms with Crippen LogP contribution < -0.4 is 5.32 Å². The molecule has 4 rings (SSSR count). The normalized spacial score (nSPS) is 28.8. The van der Waals surface area contributed by atoms with Gasteiger partial charge >= 0.3 is 0 Å². The van der Waals surface area contributed by atoms with E-state index >= 15 is 0 Å². The molecule has 1 aliphatic heterocycles. The monoisotopic (exact) mass is 250 g/mol. The van der Waals surface area contributed by atoms with Crippen molar-refractivity contribution in [1.29, 1.82) is 0 Å². The first-order valence-electron chi connectivity index (χ1n) is 6.74. The molecule has 0 radical (unpaired) electrons. The molecule has 1 aromatic rings. The highest BCUT2D eigenvalue weighted by atomic mass is 32.2. The number of rotatable bonds is 4. The lowest BCUT2D eigenvalue weighted by molar-refractivity contribution is 0.625. The Kier molecular flexibility index (Phi) is 2.43. The maximum atomic E-state index is 4.45. The Hall–Kier alpha value is -0.550. The SMILES string of the molecule is C1CC(Sc2nnc(C3CC3)n2C2CC2)CN1. The molecule has 1 aromatic heterocycles. The Labute approximate surface area is 106 Å². The number of thioether (sulfide) groups is 1. The van der Waals surface area contributed by atoms with Crippen molar-refractivity contribution in [1.82, 2.24) is 20.1 Å². The molecule has 17 heavy (non-hydrogen) atoms. The highest BCUT2D eigenvalue weighted by molar-refractivity contribution is 7.99. The van der Waals surface area contributed by atoms with Gasteiger partial charge in [0.2, 0.25) is 0 Å². The molecule has 3 aliphatic rings. The second-order valence-electron chi connectivity index (χ2n) is 5.45. The summed E-state index contributed by atoms with van der Waals surface area (Å²) < 4.78 is 2.46. The van der Waals surface area contributed by atoms with Gasteiger partial charge in [0, 0.05) is 23.8 Å². The summed E-state index contributed by atoms with van der Waals surface area (Å²) in [6.07, 6.45) is 6.56. The van der Waals surface area contributed by atoms with E-state index in [4.69, 9.17) is 0 Å². The fourth-order valence-corrected chi connectivity index (χ4v) is 3.72. The minimum absolute atomic E-state index is 0.698. The maximum absolute atomic E-state index is 4.45. The van der Waals surface area contributed by atoms with Crippen LogP contribution in [0.5, 0.6) is 0 Å². The van der Waals surface area contributed by atoms with Gasteiger partial charge in [0.1, 0.15) is 5.82 Å². The summed E-state index contributed by atoms with van der Waals surface area (Å²) >= 11 is 1.94. The number of hydrogen-bond acceptors (Lipinski definition) is 4. The van der Waals surface area contributed by atoms with E-state index in [1.54, 1.807) is 0 Å². The Morgan fingerprint density at radius 1 is 1.12 bits per heavy atom. The van der Waals surface area contributed by atoms with Crippen LogP contribution in [0.4, 0.5) is 0 Å². The Morgan fingerprint density at radius 2 is 2.00 bits per heavy atom. The lowest BCUT2D eigenvalue weighted by Crippen LogP contribution is -2.11. The lowest BCUT2D eigenvalue weighted by atomic mass is 10.4. The van der Waals surface area contributed by atoms with Crippen molar-refractivity contribution >= 4 is 11.8 Å². The molecule has 2 heterocycles. The second-order valence-corrected chi connectivity index (χ2v) is 6.72. The number of nitrogens with zero attached hydrogens (tertiary/aromatic N) is 3. The van der Waals surface area contributed by atoms with E-state index in [1.807, 2.05) is 11.8 Å². The zero-order chi connectivity index (χ0) is 11.2. The quantitative estimate of drug-likeness (QED) is 0.887. The van der Waals surface area contributed by atoms with Gasteiger partial charge in [-0.1, -0.05) is 11.8 Å². The molecule has 92 valence electrons. The summed E-state index contributed by atoms with van der Waals surface area (Å²) in [5.74, 6) is 2.00. The highest BCUT2D eigenvalue weighted by Crippen LogP contribution is 2.46. The van der Waals surface area contributed by atoms with Crippen molar-refractivity contribution in [3.8, 4) is 0 Å². The minimum Gasteiger partial charge on any atom is -0.316 e. The third-order valence-electron chi connectivity index (χ3n) is 3.83. The molecule has 5 heteroatoms. The van der Waals surface area contributed by atoms with Crippen LogP contribution in [0.25, 0.3) is 0 Å². The Morgan fingerprint density at radius 3 is 2.65 bits per heavy atom. The van der Waals surface area contributed by atoms with E-state index in [1.165, 1.54) is 43.1 Å². The van der Waals surface area contributed by atoms with Crippen LogP contribution in [-0.4, -0.2) is 33.1 Å². The summed E-state index contributed by atoms with van der Waals surface area (Å²) in [5, 5.41) is 14.2. The van der Waals surface area contributed by atoms with Crippen molar-refractivity contribution in [3.05, 3.63) is 5.82 Å². The van der Waals surface area contributed by atoms with Crippen LogP contribution >= 0.6 is 11.8 Å². The van der Waals surface area contributed by atoms with Crippen molar-refractivity contribution < 1.29 is 0 Å². The molecular formula is C12H18N4S. The van der Waals surface area contributed by atoms with Gasteiger partial charge in [-0.25, -0.2) is 0 Å². The molecule has 0 aromatic carbocycles. The first-order valence-corrected chi connectivity index (χ1v) is 7.62. The van der Waals surface area contributed by atoms with Crippen molar-refractivity contribution in [2.45, 2.75) is 54.5 Å². The fraction of sp³-hybridized carbons (Fsp3) is 0.833. The Bertz CT molecular complexity index is 416. The predicted octanol–water partition coefficient (Wildman–Crippen LogP) is 1.94. The van der Waals surface area contributed by atoms with Crippen LogP contribution in [0.3, 0.4) is 0 Å². The second kappa shape index (κ2) is 3.99. The van der Waals surface area contributed by atoms with Crippen LogP contribution in [0.15, 0.2) is 5.16 Å². The number of nitrogens with one attached hydrogen (secondary N) is 1. The Balaban J connectivity index is 1.60. The van der Waals surface area contributed by atoms with Crippen LogP contribution in [-0.2, 0) is 0 Å². The molecule has 1 saturated heterocycles. The average Bonchev–Trinajstić information content (AvgIpc) is 3.26. The maximum Gasteiger partial charge on any atom is 0.191 e. The largest absolute Gasteiger partial charge is 0.316 e. The van der Waals surface area contributed by atoms with Gasteiger partial charge in [-0.2, -0.15) is 0 Å². The molecule has 2 saturated carbocycles. The van der Waals surface area contributed by atoms with E-state index in [9.17, 15) is 0 Å². The lowest BCUT2D eigenvalue weighted by Gasteiger charge is -2.10. The van der Waals surface area contributed by atoms with Gasteiger partial charge < -0.3 is 9.88 Å². The molecule has 2 aliphatic carbocycles. The zero-order valence-corrected chi connectivity index (χ0v) is 10.7. The van der Waals surface area contributed by atoms with Crippen LogP contribution in [0, 0.1) is 0 Å². The average molecular weight is 250 g/mol. The van der Waals surface area contributed by atoms with Gasteiger partial charge in [-0.05, 0) is 38.6 Å². The minimum atomic E-state index is 0.698. The van der Waals surface area contributed by atoms with Crippen molar-refractivity contribution in [3.63, 3.8) is 0 Å². The zero-order valence-electron chi connectivity index (χ0n) is 9.93. The third kappa shape index (κ3) is 1.99. The third-order valence-corrected chi connectivity index (χ3v) is 5.06. The molecule has 0 amide bonds. The smallest absolute Gasteiger partial charge is 0.191 e. The molecule has 4 nitrogen and oxygen atoms in total. The highest BCUT2D eigenvalue weighted by Gasteiger charge is 2.36. The molecule has 3 fully saturated rings. The first-order chi connectivity index (χ1) is 8.42. The van der Waals surface area contributed by atoms with Gasteiger partial charge in [-0.3, -0.25) is 0 Å². The fourth-order valence-electron chi connectivity index (χ4n) is 2.54. The summed E-state index contributed by atoms with van der Waals surface area (Å²) in [7, 11) is 0. The first kappa shape index (κ1) is 10.4. The van der Waals surface area contributed by atoms with E-state index in [0.717, 1.165) is 25.0 Å². The summed E-state index contributed by atoms with van der Waals surface area (Å²) in [5.41, 5.74) is 0. The number of hydrogen-bond donors (Lipinski definition) is 1. The molecular weight excluding hydrogens is 232 g/mol. The molecule has 1 unspecified atom stereocenters. The summed E-state index contributed by atoms with van der Waals surface area (Å²) in [4.78, 5) is 0. The molecule has 1 atom stereocenters. The van der Waals surface area contributed by atoms with Gasteiger partial charge in [-0.15, -0.1) is 10.2 Å². The van der Waals surface area contributed by atoms with E-state index in [0.29, 0.717) is 5.25 Å². The van der Waals surface area contributed by atoms with Crippen molar-refractivity contribution in [2.75, 3.05) is 13.1 Å². The summed E-state index contributed by atoms with van der Waals surface area (Å²) in [6, 6.07) is 0.720. The van der Waals surface area contributed by atoms with Crippen LogP contribution in [0.1, 0.15) is 49.9 Å².